The Hall–Kier alpha value is -0.890. The van der Waals surface area contributed by atoms with E-state index in [4.69, 9.17) is 0 Å². The van der Waals surface area contributed by atoms with Crippen LogP contribution in [-0.4, -0.2) is 17.0 Å². The first kappa shape index (κ1) is 32.1. The molecule has 33 heavy (non-hydrogen) atoms. The molecule has 0 bridgehead atoms. The zero-order chi connectivity index (χ0) is 24.9. The number of unbranched alkanes of at least 4 members (excludes halogenated alkanes) is 6. The summed E-state index contributed by atoms with van der Waals surface area (Å²) < 4.78 is 0. The average molecular weight is 463 g/mol. The Labute approximate surface area is 207 Å². The lowest BCUT2D eigenvalue weighted by atomic mass is 9.91. The molecule has 0 fully saturated rings. The molecule has 0 aliphatic carbocycles. The number of rotatable bonds is 23. The summed E-state index contributed by atoms with van der Waals surface area (Å²) in [5.74, 6) is 2.36. The first-order chi connectivity index (χ1) is 15.8. The maximum atomic E-state index is 12.3. The van der Waals surface area contributed by atoms with Gasteiger partial charge >= 0.3 is 0 Å². The van der Waals surface area contributed by atoms with Gasteiger partial charge in [0, 0.05) is 0 Å². The van der Waals surface area contributed by atoms with E-state index in [9.17, 15) is 9.90 Å². The normalized spacial score (nSPS) is 14.9. The number of allylic oxidation sites excluding steroid dienone is 2. The monoisotopic (exact) mass is 462 g/mol. The number of hydrogen-bond donors (Lipinski definition) is 1. The molecule has 3 atom stereocenters. The summed E-state index contributed by atoms with van der Waals surface area (Å²) in [6.07, 6.45) is 23.0. The topological polar surface area (TPSA) is 37.3 Å². The van der Waals surface area contributed by atoms with Gasteiger partial charge in [-0.1, -0.05) is 116 Å². The summed E-state index contributed by atoms with van der Waals surface area (Å²) in [5.41, 5.74) is 1.12. The van der Waals surface area contributed by atoms with Crippen LogP contribution in [0.5, 0.6) is 0 Å². The van der Waals surface area contributed by atoms with E-state index in [1.54, 1.807) is 6.08 Å². The minimum Gasteiger partial charge on any atom is -0.385 e. The molecule has 0 spiro atoms. The van der Waals surface area contributed by atoms with Gasteiger partial charge in [0.25, 0.3) is 0 Å². The van der Waals surface area contributed by atoms with Crippen molar-refractivity contribution in [2.75, 3.05) is 0 Å². The van der Waals surface area contributed by atoms with Gasteiger partial charge in [0.05, 0.1) is 0 Å². The van der Waals surface area contributed by atoms with Crippen molar-refractivity contribution in [1.82, 2.24) is 0 Å². The molecule has 0 saturated carbocycles. The minimum absolute atomic E-state index is 0.0991. The maximum Gasteiger partial charge on any atom is 0.184 e. The van der Waals surface area contributed by atoms with Crippen molar-refractivity contribution in [1.29, 1.82) is 0 Å². The van der Waals surface area contributed by atoms with Crippen LogP contribution in [-0.2, 0) is 4.79 Å². The first-order valence-corrected chi connectivity index (χ1v) is 14.3. The molecule has 0 heterocycles. The number of carbonyl (C=O) groups excluding carboxylic acids is 1. The quantitative estimate of drug-likeness (QED) is 0.0932. The second-order valence-electron chi connectivity index (χ2n) is 11.3. The Morgan fingerprint density at radius 2 is 1.24 bits per heavy atom. The Kier molecular flexibility index (Phi) is 21.0. The highest BCUT2D eigenvalue weighted by molar-refractivity contribution is 5.93. The summed E-state index contributed by atoms with van der Waals surface area (Å²) in [5, 5.41) is 10.2. The van der Waals surface area contributed by atoms with E-state index in [2.05, 4.69) is 34.3 Å². The molecule has 0 amide bonds. The van der Waals surface area contributed by atoms with E-state index in [1.807, 2.05) is 13.0 Å². The van der Waals surface area contributed by atoms with Crippen LogP contribution in [0.25, 0.3) is 0 Å². The molecule has 0 aromatic carbocycles. The zero-order valence-corrected chi connectivity index (χ0v) is 23.0. The summed E-state index contributed by atoms with van der Waals surface area (Å²) >= 11 is 0. The summed E-state index contributed by atoms with van der Waals surface area (Å²) in [6, 6.07) is 0. The third kappa shape index (κ3) is 21.4. The molecule has 2 nitrogen and oxygen atoms in total. The molecule has 0 aromatic rings. The smallest absolute Gasteiger partial charge is 0.184 e. The predicted molar refractivity (Wildman–Crippen MR) is 147 cm³/mol. The number of hydrogen-bond acceptors (Lipinski definition) is 2. The standard InChI is InChI=1S/C31H58O2/c1-7-8-9-10-11-12-13-14-24-30(32)31(33)25-29(6)23-17-22-28(5)21-16-20-27(4)19-15-18-26(2)3/h7,25-28,30,32H,1,8-24H2,2-6H3. The predicted octanol–water partition coefficient (Wildman–Crippen LogP) is 9.61. The fourth-order valence-electron chi connectivity index (χ4n) is 4.59. The van der Waals surface area contributed by atoms with Crippen molar-refractivity contribution >= 4 is 5.78 Å². The van der Waals surface area contributed by atoms with E-state index in [1.165, 1.54) is 70.6 Å². The van der Waals surface area contributed by atoms with Gasteiger partial charge in [0.15, 0.2) is 5.78 Å². The van der Waals surface area contributed by atoms with Crippen molar-refractivity contribution < 1.29 is 9.90 Å². The minimum atomic E-state index is -0.817. The zero-order valence-electron chi connectivity index (χ0n) is 23.0. The molecule has 0 aliphatic rings. The van der Waals surface area contributed by atoms with E-state index in [-0.39, 0.29) is 5.78 Å². The summed E-state index contributed by atoms with van der Waals surface area (Å²) in [7, 11) is 0. The van der Waals surface area contributed by atoms with E-state index in [0.29, 0.717) is 6.42 Å². The van der Waals surface area contributed by atoms with Gasteiger partial charge < -0.3 is 5.11 Å². The van der Waals surface area contributed by atoms with Crippen LogP contribution in [0.1, 0.15) is 144 Å². The lowest BCUT2D eigenvalue weighted by Crippen LogP contribution is -2.18. The van der Waals surface area contributed by atoms with Crippen LogP contribution < -0.4 is 0 Å². The highest BCUT2D eigenvalue weighted by Gasteiger charge is 2.12. The largest absolute Gasteiger partial charge is 0.385 e. The van der Waals surface area contributed by atoms with Crippen LogP contribution in [0.3, 0.4) is 0 Å². The lowest BCUT2D eigenvalue weighted by Gasteiger charge is -2.15. The molecule has 1 N–H and O–H groups in total. The molecule has 0 aromatic heterocycles. The fourth-order valence-corrected chi connectivity index (χ4v) is 4.59. The van der Waals surface area contributed by atoms with Gasteiger partial charge in [-0.2, -0.15) is 0 Å². The van der Waals surface area contributed by atoms with E-state index < -0.39 is 6.10 Å². The van der Waals surface area contributed by atoms with E-state index >= 15 is 0 Å². The van der Waals surface area contributed by atoms with Gasteiger partial charge in [-0.3, -0.25) is 4.79 Å². The van der Waals surface area contributed by atoms with Crippen LogP contribution in [0.4, 0.5) is 0 Å². The number of carbonyl (C=O) groups is 1. The van der Waals surface area contributed by atoms with Gasteiger partial charge in [-0.15, -0.1) is 6.58 Å². The molecule has 0 saturated heterocycles. The molecule has 3 unspecified atom stereocenters. The van der Waals surface area contributed by atoms with Crippen molar-refractivity contribution in [2.45, 2.75) is 150 Å². The lowest BCUT2D eigenvalue weighted by molar-refractivity contribution is -0.122. The summed E-state index contributed by atoms with van der Waals surface area (Å²) in [6.45, 7) is 15.2. The van der Waals surface area contributed by atoms with Crippen molar-refractivity contribution in [3.8, 4) is 0 Å². The van der Waals surface area contributed by atoms with Gasteiger partial charge in [-0.25, -0.2) is 0 Å². The molecule has 0 aliphatic heterocycles. The van der Waals surface area contributed by atoms with Crippen LogP contribution >= 0.6 is 0 Å². The molecule has 194 valence electrons. The number of ketones is 1. The molecule has 0 radical (unpaired) electrons. The second-order valence-corrected chi connectivity index (χ2v) is 11.3. The molecular formula is C31H58O2. The Bertz CT molecular complexity index is 505. The average Bonchev–Trinajstić information content (AvgIpc) is 2.75. The highest BCUT2D eigenvalue weighted by Crippen LogP contribution is 2.22. The van der Waals surface area contributed by atoms with Crippen molar-refractivity contribution in [2.24, 2.45) is 17.8 Å². The van der Waals surface area contributed by atoms with Gasteiger partial charge in [-0.05, 0) is 62.9 Å². The van der Waals surface area contributed by atoms with Crippen molar-refractivity contribution in [3.63, 3.8) is 0 Å². The van der Waals surface area contributed by atoms with Crippen LogP contribution in [0.2, 0.25) is 0 Å². The first-order valence-electron chi connectivity index (χ1n) is 14.3. The third-order valence-electron chi connectivity index (χ3n) is 6.99. The molecule has 0 rings (SSSR count). The van der Waals surface area contributed by atoms with Gasteiger partial charge in [0.2, 0.25) is 0 Å². The highest BCUT2D eigenvalue weighted by atomic mass is 16.3. The van der Waals surface area contributed by atoms with Crippen molar-refractivity contribution in [3.05, 3.63) is 24.3 Å². The SMILES string of the molecule is C=CCCCCCCCCC(O)C(=O)C=C(C)CCCC(C)CCCC(C)CCCC(C)C. The van der Waals surface area contributed by atoms with Crippen LogP contribution in [0.15, 0.2) is 24.3 Å². The number of aliphatic hydroxyl groups excluding tert-OH is 1. The second kappa shape index (κ2) is 21.6. The molecule has 2 heteroatoms. The maximum absolute atomic E-state index is 12.3. The Morgan fingerprint density at radius 3 is 1.82 bits per heavy atom. The molecular weight excluding hydrogens is 404 g/mol. The van der Waals surface area contributed by atoms with E-state index in [0.717, 1.165) is 55.4 Å². The summed E-state index contributed by atoms with van der Waals surface area (Å²) in [4.78, 5) is 12.3. The Balaban J connectivity index is 3.83. The fraction of sp³-hybridized carbons (Fsp3) is 0.839. The Morgan fingerprint density at radius 1 is 0.727 bits per heavy atom. The number of aliphatic hydroxyl groups is 1. The third-order valence-corrected chi connectivity index (χ3v) is 6.99. The van der Waals surface area contributed by atoms with Crippen LogP contribution in [0, 0.1) is 17.8 Å². The van der Waals surface area contributed by atoms with Gasteiger partial charge in [0.1, 0.15) is 6.10 Å².